The van der Waals surface area contributed by atoms with Gasteiger partial charge in [-0.05, 0) is 38.7 Å². The number of hydrogen-bond acceptors (Lipinski definition) is 17. The van der Waals surface area contributed by atoms with Crippen molar-refractivity contribution in [1.82, 2.24) is 0 Å². The molecule has 0 aromatic carbocycles. The number of cyclic esters (lactones) is 1. The number of hydrogen-bond donors (Lipinski definition) is 4. The van der Waals surface area contributed by atoms with Crippen LogP contribution in [0.4, 0.5) is 0 Å². The number of aliphatic hydroxyl groups is 4. The van der Waals surface area contributed by atoms with Crippen molar-refractivity contribution >= 4 is 29.8 Å². The van der Waals surface area contributed by atoms with Crippen molar-refractivity contribution in [2.24, 2.45) is 11.8 Å². The van der Waals surface area contributed by atoms with Crippen molar-refractivity contribution in [2.45, 2.75) is 172 Å². The van der Waals surface area contributed by atoms with Crippen LogP contribution in [0.25, 0.3) is 0 Å². The van der Waals surface area contributed by atoms with E-state index >= 15 is 0 Å². The van der Waals surface area contributed by atoms with E-state index in [0.29, 0.717) is 18.4 Å². The first-order chi connectivity index (χ1) is 27.6. The Labute approximate surface area is 345 Å². The minimum atomic E-state index is -2.38. The Balaban J connectivity index is 1.87. The van der Waals surface area contributed by atoms with E-state index in [1.807, 2.05) is 6.92 Å². The van der Waals surface area contributed by atoms with E-state index in [-0.39, 0.29) is 50.5 Å². The second-order valence-corrected chi connectivity index (χ2v) is 16.6. The summed E-state index contributed by atoms with van der Waals surface area (Å²) in [6, 6.07) is 0. The highest BCUT2D eigenvalue weighted by Crippen LogP contribution is 2.47. The molecule has 3 saturated heterocycles. The monoisotopic (exact) mass is 838 g/mol. The van der Waals surface area contributed by atoms with Gasteiger partial charge in [0.1, 0.15) is 12.2 Å². The molecule has 13 atom stereocenters. The van der Waals surface area contributed by atoms with Crippen molar-refractivity contribution in [2.75, 3.05) is 14.2 Å². The van der Waals surface area contributed by atoms with Crippen LogP contribution in [0.5, 0.6) is 0 Å². The van der Waals surface area contributed by atoms with Crippen LogP contribution in [-0.4, -0.2) is 130 Å². The summed E-state index contributed by atoms with van der Waals surface area (Å²) in [5.74, 6) is -9.74. The third kappa shape index (κ3) is 12.7. The van der Waals surface area contributed by atoms with Crippen LogP contribution in [-0.2, 0) is 61.9 Å². The average Bonchev–Trinajstić information content (AvgIpc) is 3.12. The highest BCUT2D eigenvalue weighted by atomic mass is 16.7. The van der Waals surface area contributed by atoms with Gasteiger partial charge in [-0.25, -0.2) is 9.59 Å². The van der Waals surface area contributed by atoms with Crippen LogP contribution in [0.15, 0.2) is 35.5 Å². The Morgan fingerprint density at radius 3 is 2.22 bits per heavy atom. The molecule has 0 saturated carbocycles. The molecule has 4 aliphatic heterocycles. The largest absolute Gasteiger partial charge is 0.466 e. The molecule has 0 unspecified atom stereocenters. The van der Waals surface area contributed by atoms with Gasteiger partial charge in [-0.2, -0.15) is 0 Å². The molecule has 4 heterocycles. The van der Waals surface area contributed by atoms with Crippen molar-refractivity contribution in [1.29, 1.82) is 0 Å². The van der Waals surface area contributed by atoms with Gasteiger partial charge < -0.3 is 58.3 Å². The maximum atomic E-state index is 13.4. The predicted molar refractivity (Wildman–Crippen MR) is 205 cm³/mol. The van der Waals surface area contributed by atoms with E-state index in [0.717, 1.165) is 20.1 Å². The number of rotatable bonds is 7. The van der Waals surface area contributed by atoms with Crippen LogP contribution in [0.2, 0.25) is 0 Å². The number of aliphatic hydroxyl groups excluding tert-OH is 2. The number of esters is 5. The summed E-state index contributed by atoms with van der Waals surface area (Å²) in [5, 5.41) is 47.1. The van der Waals surface area contributed by atoms with Crippen LogP contribution >= 0.6 is 0 Å². The molecule has 0 amide bonds. The van der Waals surface area contributed by atoms with Crippen molar-refractivity contribution in [3.63, 3.8) is 0 Å². The first kappa shape index (κ1) is 48.0. The summed E-state index contributed by atoms with van der Waals surface area (Å²) < 4.78 is 46.3. The lowest BCUT2D eigenvalue weighted by Crippen LogP contribution is -2.62. The molecule has 17 nitrogen and oxygen atoms in total. The summed E-state index contributed by atoms with van der Waals surface area (Å²) in [4.78, 5) is 63.4. The lowest BCUT2D eigenvalue weighted by Gasteiger charge is -2.51. The standard InChI is InChI=1S/C42H62O17/c1-9-10-33-34(54-25(4)44)19-31-17-29(46)18-38(49)57-35(24(3)43)22-40(6)20-28(16-37(48)53-8)39(55-26(5)45)42(51,59-40)23(2)11-12-30-13-27(15-36(47)52-7)14-32(56-30)21-41(33,50)58-31/h11-12,15-16,23-24,29-35,39,43,46,50-51H,9-10,13-14,17-22H2,1-8H3/b12-11+,27-15+,28-16+/t23-,24+,29+,30-,31+,32-,33-,34-,35+,39-,40-,41-,42-/m0/s1. The van der Waals surface area contributed by atoms with E-state index in [1.54, 1.807) is 26.0 Å². The molecular formula is C42H62O17. The third-order valence-corrected chi connectivity index (χ3v) is 11.3. The van der Waals surface area contributed by atoms with Crippen molar-refractivity contribution in [3.8, 4) is 0 Å². The number of methoxy groups -OCH3 is 2. The van der Waals surface area contributed by atoms with Gasteiger partial charge in [0.2, 0.25) is 5.79 Å². The molecule has 0 aromatic rings. The molecule has 6 bridgehead atoms. The van der Waals surface area contributed by atoms with E-state index in [4.69, 9.17) is 37.9 Å². The van der Waals surface area contributed by atoms with Gasteiger partial charge in [-0.1, -0.05) is 38.0 Å². The fourth-order valence-corrected chi connectivity index (χ4v) is 8.77. The molecule has 0 aliphatic carbocycles. The zero-order valence-corrected chi connectivity index (χ0v) is 35.3. The summed E-state index contributed by atoms with van der Waals surface area (Å²) >= 11 is 0. The van der Waals surface area contributed by atoms with Crippen molar-refractivity contribution in [3.05, 3.63) is 35.5 Å². The van der Waals surface area contributed by atoms with Gasteiger partial charge in [0, 0.05) is 64.0 Å². The molecular weight excluding hydrogens is 776 g/mol. The maximum absolute atomic E-state index is 13.4. The molecule has 3 fully saturated rings. The quantitative estimate of drug-likeness (QED) is 0.125. The molecule has 0 aromatic heterocycles. The molecule has 4 N–H and O–H groups in total. The summed E-state index contributed by atoms with van der Waals surface area (Å²) in [6.07, 6.45) is -2.76. The Hall–Kier alpha value is -3.71. The van der Waals surface area contributed by atoms with Crippen LogP contribution in [0.3, 0.4) is 0 Å². The minimum Gasteiger partial charge on any atom is -0.466 e. The van der Waals surface area contributed by atoms with Gasteiger partial charge in [-0.3, -0.25) is 14.4 Å². The highest BCUT2D eigenvalue weighted by molar-refractivity contribution is 5.83. The normalized spacial score (nSPS) is 39.5. The molecule has 17 heteroatoms. The number of fused-ring (bicyclic) bond motifs is 6. The second kappa shape index (κ2) is 20.2. The van der Waals surface area contributed by atoms with E-state index in [9.17, 15) is 44.4 Å². The Morgan fingerprint density at radius 1 is 0.949 bits per heavy atom. The van der Waals surface area contributed by atoms with Gasteiger partial charge in [0.05, 0.1) is 62.7 Å². The van der Waals surface area contributed by atoms with E-state index < -0.39 is 114 Å². The number of carbonyl (C=O) groups is 5. The van der Waals surface area contributed by atoms with Crippen LogP contribution < -0.4 is 0 Å². The van der Waals surface area contributed by atoms with Crippen LogP contribution in [0.1, 0.15) is 106 Å². The van der Waals surface area contributed by atoms with Gasteiger partial charge in [0.15, 0.2) is 11.9 Å². The summed E-state index contributed by atoms with van der Waals surface area (Å²) in [6.45, 7) is 8.86. The van der Waals surface area contributed by atoms with E-state index in [2.05, 4.69) is 0 Å². The van der Waals surface area contributed by atoms with Crippen molar-refractivity contribution < 1.29 is 82.3 Å². The minimum absolute atomic E-state index is 0.117. The topological polar surface area (TPSA) is 240 Å². The third-order valence-electron chi connectivity index (χ3n) is 11.3. The molecule has 4 aliphatic rings. The zero-order valence-electron chi connectivity index (χ0n) is 35.3. The highest BCUT2D eigenvalue weighted by Gasteiger charge is 2.57. The fourth-order valence-electron chi connectivity index (χ4n) is 8.77. The first-order valence-corrected chi connectivity index (χ1v) is 20.2. The summed E-state index contributed by atoms with van der Waals surface area (Å²) in [5.41, 5.74) is -0.724. The Kier molecular flexibility index (Phi) is 16.4. The smallest absolute Gasteiger partial charge is 0.330 e. The van der Waals surface area contributed by atoms with E-state index in [1.165, 1.54) is 27.0 Å². The van der Waals surface area contributed by atoms with Crippen LogP contribution in [0, 0.1) is 11.8 Å². The zero-order chi connectivity index (χ0) is 43.9. The second-order valence-electron chi connectivity index (χ2n) is 16.6. The maximum Gasteiger partial charge on any atom is 0.330 e. The Bertz CT molecular complexity index is 1620. The number of ether oxygens (including phenoxy) is 8. The first-order valence-electron chi connectivity index (χ1n) is 20.2. The lowest BCUT2D eigenvalue weighted by atomic mass is 9.77. The number of carbonyl (C=O) groups excluding carboxylic acids is 5. The SMILES string of the molecule is CCC[C@H]1[C@@H](OC(C)=O)C[C@H]2C[C@@H](O)CC(=O)O[C@@H]([C@@H](C)O)C[C@]3(C)C/C(=C\C(=O)OC)[C@H](OC(C)=O)[C@@](O)(O3)[C@@H](C)/C=C/[C@H]3C/C(=C\C(=O)OC)C[C@@H](C[C@]1(O)O2)O3. The molecule has 332 valence electrons. The van der Waals surface area contributed by atoms with Gasteiger partial charge in [-0.15, -0.1) is 0 Å². The molecule has 59 heavy (non-hydrogen) atoms. The fraction of sp³-hybridized carbons (Fsp3) is 0.738. The lowest BCUT2D eigenvalue weighted by molar-refractivity contribution is -0.332. The average molecular weight is 839 g/mol. The van der Waals surface area contributed by atoms with Gasteiger partial charge >= 0.3 is 29.8 Å². The Morgan fingerprint density at radius 2 is 1.61 bits per heavy atom. The molecule has 4 rings (SSSR count). The summed E-state index contributed by atoms with van der Waals surface area (Å²) in [7, 11) is 2.41. The molecule has 0 spiro atoms. The predicted octanol–water partition coefficient (Wildman–Crippen LogP) is 2.78. The molecule has 0 radical (unpaired) electrons. The van der Waals surface area contributed by atoms with Gasteiger partial charge in [0.25, 0.3) is 0 Å².